The first-order valence-electron chi connectivity index (χ1n) is 7.42. The molecule has 0 fully saturated rings. The minimum Gasteiger partial charge on any atom is -0.497 e. The fourth-order valence-corrected chi connectivity index (χ4v) is 4.08. The zero-order valence-corrected chi connectivity index (χ0v) is 13.7. The van der Waals surface area contributed by atoms with Gasteiger partial charge in [-0.25, -0.2) is 0 Å². The second-order valence-corrected chi connectivity index (χ2v) is 6.88. The van der Waals surface area contributed by atoms with E-state index >= 15 is 0 Å². The molecule has 1 atom stereocenters. The summed E-state index contributed by atoms with van der Waals surface area (Å²) in [6.45, 7) is 2.23. The van der Waals surface area contributed by atoms with Crippen LogP contribution in [0.25, 0.3) is 0 Å². The molecule has 21 heavy (non-hydrogen) atoms. The van der Waals surface area contributed by atoms with Gasteiger partial charge in [0.05, 0.1) is 15.3 Å². The van der Waals surface area contributed by atoms with Crippen LogP contribution in [0.15, 0.2) is 54.6 Å². The molecule has 2 nitrogen and oxygen atoms in total. The SMILES string of the molecule is CCCCP(Cc1ccc(OC)cc1)Oc1ccccc1. The van der Waals surface area contributed by atoms with Crippen LogP contribution < -0.4 is 9.26 Å². The van der Waals surface area contributed by atoms with Crippen LogP contribution in [-0.4, -0.2) is 13.3 Å². The lowest BCUT2D eigenvalue weighted by Crippen LogP contribution is -1.97. The predicted molar refractivity (Wildman–Crippen MR) is 90.5 cm³/mol. The van der Waals surface area contributed by atoms with Gasteiger partial charge in [-0.3, -0.25) is 0 Å². The maximum absolute atomic E-state index is 6.21. The Morgan fingerprint density at radius 1 is 0.905 bits per heavy atom. The summed E-state index contributed by atoms with van der Waals surface area (Å²) in [4.78, 5) is 0. The molecule has 3 heteroatoms. The second-order valence-electron chi connectivity index (χ2n) is 4.97. The number of hydrogen-bond acceptors (Lipinski definition) is 2. The smallest absolute Gasteiger partial charge is 0.123 e. The van der Waals surface area contributed by atoms with Gasteiger partial charge in [0.1, 0.15) is 11.5 Å². The van der Waals surface area contributed by atoms with E-state index in [4.69, 9.17) is 9.26 Å². The summed E-state index contributed by atoms with van der Waals surface area (Å²) in [5.74, 6) is 1.88. The number of methoxy groups -OCH3 is 1. The lowest BCUT2D eigenvalue weighted by molar-refractivity contribution is 0.414. The molecule has 0 aliphatic carbocycles. The quantitative estimate of drug-likeness (QED) is 0.602. The highest BCUT2D eigenvalue weighted by molar-refractivity contribution is 7.52. The van der Waals surface area contributed by atoms with Crippen molar-refractivity contribution in [3.05, 3.63) is 60.2 Å². The monoisotopic (exact) mass is 302 g/mol. The average Bonchev–Trinajstić information content (AvgIpc) is 2.54. The molecule has 2 aromatic carbocycles. The summed E-state index contributed by atoms with van der Waals surface area (Å²) in [6, 6.07) is 18.4. The molecule has 0 spiro atoms. The van der Waals surface area contributed by atoms with Gasteiger partial charge in [-0.2, -0.15) is 0 Å². The van der Waals surface area contributed by atoms with E-state index < -0.39 is 8.15 Å². The number of ether oxygens (including phenoxy) is 1. The van der Waals surface area contributed by atoms with Crippen LogP contribution in [0.1, 0.15) is 25.3 Å². The van der Waals surface area contributed by atoms with Crippen molar-refractivity contribution < 1.29 is 9.26 Å². The first-order chi connectivity index (χ1) is 10.3. The molecular weight excluding hydrogens is 279 g/mol. The number of rotatable bonds is 8. The fourth-order valence-electron chi connectivity index (χ4n) is 2.06. The number of hydrogen-bond donors (Lipinski definition) is 0. The molecule has 0 aliphatic rings. The normalized spacial score (nSPS) is 11.9. The lowest BCUT2D eigenvalue weighted by atomic mass is 10.2. The summed E-state index contributed by atoms with van der Waals surface area (Å²) >= 11 is 0. The Labute approximate surface area is 128 Å². The van der Waals surface area contributed by atoms with Gasteiger partial charge in [-0.05, 0) is 36.2 Å². The van der Waals surface area contributed by atoms with Gasteiger partial charge in [0.2, 0.25) is 0 Å². The Morgan fingerprint density at radius 3 is 2.24 bits per heavy atom. The molecule has 0 N–H and O–H groups in total. The Morgan fingerprint density at radius 2 is 1.62 bits per heavy atom. The number of para-hydroxylation sites is 1. The van der Waals surface area contributed by atoms with Crippen molar-refractivity contribution in [2.24, 2.45) is 0 Å². The molecule has 2 aromatic rings. The fraction of sp³-hybridized carbons (Fsp3) is 0.333. The molecule has 2 rings (SSSR count). The summed E-state index contributed by atoms with van der Waals surface area (Å²) in [6.07, 6.45) is 4.56. The molecule has 0 saturated heterocycles. The zero-order chi connectivity index (χ0) is 14.9. The predicted octanol–water partition coefficient (Wildman–Crippen LogP) is 5.47. The van der Waals surface area contributed by atoms with Gasteiger partial charge >= 0.3 is 0 Å². The van der Waals surface area contributed by atoms with E-state index in [0.717, 1.165) is 23.8 Å². The van der Waals surface area contributed by atoms with Crippen molar-refractivity contribution in [3.63, 3.8) is 0 Å². The lowest BCUT2D eigenvalue weighted by Gasteiger charge is -2.19. The van der Waals surface area contributed by atoms with Crippen LogP contribution in [-0.2, 0) is 6.16 Å². The van der Waals surface area contributed by atoms with Crippen LogP contribution in [0.3, 0.4) is 0 Å². The van der Waals surface area contributed by atoms with Crippen LogP contribution in [0.2, 0.25) is 0 Å². The first kappa shape index (κ1) is 15.9. The summed E-state index contributed by atoms with van der Waals surface area (Å²) < 4.78 is 11.4. The molecule has 0 bridgehead atoms. The van der Waals surface area contributed by atoms with E-state index in [1.807, 2.05) is 42.5 Å². The topological polar surface area (TPSA) is 18.5 Å². The molecule has 0 aromatic heterocycles. The van der Waals surface area contributed by atoms with Gasteiger partial charge in [-0.1, -0.05) is 43.7 Å². The molecule has 112 valence electrons. The van der Waals surface area contributed by atoms with E-state index in [1.165, 1.54) is 18.4 Å². The summed E-state index contributed by atoms with van der Waals surface area (Å²) in [7, 11) is 1.22. The van der Waals surface area contributed by atoms with Gasteiger partial charge in [0.15, 0.2) is 0 Å². The zero-order valence-electron chi connectivity index (χ0n) is 12.8. The molecule has 0 aliphatic heterocycles. The Hall–Kier alpha value is -1.53. The third kappa shape index (κ3) is 5.40. The van der Waals surface area contributed by atoms with E-state index in [9.17, 15) is 0 Å². The van der Waals surface area contributed by atoms with E-state index in [2.05, 4.69) is 19.1 Å². The highest BCUT2D eigenvalue weighted by Crippen LogP contribution is 2.42. The maximum atomic E-state index is 6.21. The van der Waals surface area contributed by atoms with Crippen molar-refractivity contribution in [1.29, 1.82) is 0 Å². The van der Waals surface area contributed by atoms with Crippen LogP contribution in [0, 0.1) is 0 Å². The third-order valence-electron chi connectivity index (χ3n) is 3.26. The summed E-state index contributed by atoms with van der Waals surface area (Å²) in [5, 5.41) is 0. The van der Waals surface area contributed by atoms with Gasteiger partial charge in [0.25, 0.3) is 0 Å². The van der Waals surface area contributed by atoms with Crippen LogP contribution in [0.4, 0.5) is 0 Å². The highest BCUT2D eigenvalue weighted by atomic mass is 31.1. The standard InChI is InChI=1S/C18H23O2P/c1-3-4-14-21(20-18-8-6-5-7-9-18)15-16-10-12-17(19-2)13-11-16/h5-13H,3-4,14-15H2,1-2H3. The Bertz CT molecular complexity index is 511. The van der Waals surface area contributed by atoms with Gasteiger partial charge in [-0.15, -0.1) is 0 Å². The van der Waals surface area contributed by atoms with Gasteiger partial charge < -0.3 is 9.26 Å². The van der Waals surface area contributed by atoms with Crippen LogP contribution in [0.5, 0.6) is 11.5 Å². The van der Waals surface area contributed by atoms with E-state index in [1.54, 1.807) is 7.11 Å². The van der Waals surface area contributed by atoms with Crippen molar-refractivity contribution in [2.45, 2.75) is 25.9 Å². The van der Waals surface area contributed by atoms with Crippen molar-refractivity contribution in [1.82, 2.24) is 0 Å². The first-order valence-corrected chi connectivity index (χ1v) is 9.05. The largest absolute Gasteiger partial charge is 0.497 e. The van der Waals surface area contributed by atoms with E-state index in [-0.39, 0.29) is 0 Å². The molecule has 0 amide bonds. The minimum atomic E-state index is -0.474. The van der Waals surface area contributed by atoms with Gasteiger partial charge in [0, 0.05) is 12.3 Å². The van der Waals surface area contributed by atoms with Crippen molar-refractivity contribution >= 4 is 8.15 Å². The molecule has 1 unspecified atom stereocenters. The molecular formula is C18H23O2P. The average molecular weight is 302 g/mol. The maximum Gasteiger partial charge on any atom is 0.123 e. The third-order valence-corrected chi connectivity index (χ3v) is 5.26. The summed E-state index contributed by atoms with van der Waals surface area (Å²) in [5.41, 5.74) is 1.31. The Kier molecular flexibility index (Phi) is 6.56. The molecule has 0 heterocycles. The molecule has 0 radical (unpaired) electrons. The minimum absolute atomic E-state index is 0.474. The Balaban J connectivity index is 2.00. The van der Waals surface area contributed by atoms with E-state index in [0.29, 0.717) is 0 Å². The van der Waals surface area contributed by atoms with Crippen molar-refractivity contribution in [3.8, 4) is 11.5 Å². The number of unbranched alkanes of at least 4 members (excludes halogenated alkanes) is 1. The van der Waals surface area contributed by atoms with Crippen LogP contribution >= 0.6 is 8.15 Å². The van der Waals surface area contributed by atoms with Crippen molar-refractivity contribution in [2.75, 3.05) is 13.3 Å². The molecule has 0 saturated carbocycles. The second kappa shape index (κ2) is 8.69. The number of benzene rings is 2. The highest BCUT2D eigenvalue weighted by Gasteiger charge is 2.12.